The number of rotatable bonds is 6. The largest absolute Gasteiger partial charge is 0.367 e. The Balaban J connectivity index is 1.91. The summed E-state index contributed by atoms with van der Waals surface area (Å²) in [5, 5.41) is 2.83. The number of nitrogens with one attached hydrogen (secondary N) is 1. The second-order valence-corrected chi connectivity index (χ2v) is 6.82. The minimum absolute atomic E-state index is 0.166. The van der Waals surface area contributed by atoms with Crippen LogP contribution >= 0.6 is 15.9 Å². The van der Waals surface area contributed by atoms with Gasteiger partial charge in [-0.1, -0.05) is 76.6 Å². The van der Waals surface area contributed by atoms with E-state index in [0.29, 0.717) is 16.8 Å². The maximum Gasteiger partial charge on any atom is 0.258 e. The predicted octanol–water partition coefficient (Wildman–Crippen LogP) is 5.01. The van der Waals surface area contributed by atoms with Crippen LogP contribution in [-0.2, 0) is 9.53 Å². The van der Waals surface area contributed by atoms with Crippen LogP contribution in [-0.4, -0.2) is 18.8 Å². The fourth-order valence-corrected chi connectivity index (χ4v) is 3.14. The van der Waals surface area contributed by atoms with E-state index in [9.17, 15) is 9.59 Å². The van der Waals surface area contributed by atoms with Crippen LogP contribution in [0, 0.1) is 0 Å². The molecule has 1 N–H and O–H groups in total. The van der Waals surface area contributed by atoms with Crippen molar-refractivity contribution in [2.24, 2.45) is 0 Å². The van der Waals surface area contributed by atoms with Gasteiger partial charge in [0.2, 0.25) is 0 Å². The molecule has 4 nitrogen and oxygen atoms in total. The molecule has 27 heavy (non-hydrogen) atoms. The predicted molar refractivity (Wildman–Crippen MR) is 109 cm³/mol. The molecule has 0 aromatic heterocycles. The summed E-state index contributed by atoms with van der Waals surface area (Å²) < 4.78 is 6.13. The molecule has 0 aliphatic carbocycles. The molecule has 3 rings (SSSR count). The van der Waals surface area contributed by atoms with Crippen molar-refractivity contribution in [3.8, 4) is 0 Å². The monoisotopic (exact) mass is 423 g/mol. The van der Waals surface area contributed by atoms with E-state index in [4.69, 9.17) is 4.74 Å². The maximum absolute atomic E-state index is 12.9. The summed E-state index contributed by atoms with van der Waals surface area (Å²) >= 11 is 3.39. The van der Waals surface area contributed by atoms with E-state index < -0.39 is 6.10 Å². The fraction of sp³-hybridized carbons (Fsp3) is 0.0909. The highest BCUT2D eigenvalue weighted by Gasteiger charge is 2.22. The van der Waals surface area contributed by atoms with Crippen molar-refractivity contribution < 1.29 is 14.3 Å². The van der Waals surface area contributed by atoms with Gasteiger partial charge in [0.1, 0.15) is 0 Å². The molecule has 1 atom stereocenters. The van der Waals surface area contributed by atoms with E-state index in [1.807, 2.05) is 36.4 Å². The molecule has 0 unspecified atom stereocenters. The van der Waals surface area contributed by atoms with Crippen molar-refractivity contribution in [3.05, 3.63) is 100 Å². The highest BCUT2D eigenvalue weighted by Crippen LogP contribution is 2.26. The molecule has 0 aliphatic rings. The Hall–Kier alpha value is -2.76. The van der Waals surface area contributed by atoms with Crippen LogP contribution in [0.25, 0.3) is 0 Å². The van der Waals surface area contributed by atoms with Crippen LogP contribution in [0.3, 0.4) is 0 Å². The molecule has 0 aliphatic heterocycles. The number of benzene rings is 3. The Morgan fingerprint density at radius 2 is 1.56 bits per heavy atom. The Morgan fingerprint density at radius 3 is 2.19 bits per heavy atom. The molecule has 0 radical (unpaired) electrons. The van der Waals surface area contributed by atoms with Gasteiger partial charge in [-0.25, -0.2) is 0 Å². The first-order valence-electron chi connectivity index (χ1n) is 8.38. The lowest BCUT2D eigenvalue weighted by molar-refractivity contribution is -0.126. The minimum Gasteiger partial charge on any atom is -0.367 e. The quantitative estimate of drug-likeness (QED) is 0.567. The van der Waals surface area contributed by atoms with Gasteiger partial charge in [0.05, 0.1) is 5.69 Å². The second kappa shape index (κ2) is 8.75. The molecule has 0 heterocycles. The highest BCUT2D eigenvalue weighted by molar-refractivity contribution is 9.10. The van der Waals surface area contributed by atoms with Gasteiger partial charge in [0.25, 0.3) is 5.91 Å². The molecule has 0 saturated heterocycles. The molecule has 0 bridgehead atoms. The van der Waals surface area contributed by atoms with Crippen molar-refractivity contribution in [3.63, 3.8) is 0 Å². The first-order chi connectivity index (χ1) is 13.1. The summed E-state index contributed by atoms with van der Waals surface area (Å²) in [6, 6.07) is 23.4. The molecule has 5 heteroatoms. The van der Waals surface area contributed by atoms with Crippen molar-refractivity contribution in [1.82, 2.24) is 0 Å². The van der Waals surface area contributed by atoms with E-state index in [1.54, 1.807) is 42.5 Å². The topological polar surface area (TPSA) is 55.4 Å². The van der Waals surface area contributed by atoms with Crippen LogP contribution in [0.15, 0.2) is 83.3 Å². The summed E-state index contributed by atoms with van der Waals surface area (Å²) in [6.07, 6.45) is -0.769. The smallest absolute Gasteiger partial charge is 0.258 e. The number of hydrogen-bond acceptors (Lipinski definition) is 3. The molecular weight excluding hydrogens is 406 g/mol. The molecule has 1 amide bonds. The van der Waals surface area contributed by atoms with Crippen LogP contribution in [0.2, 0.25) is 0 Å². The lowest BCUT2D eigenvalue weighted by Crippen LogP contribution is -2.23. The third-order valence-electron chi connectivity index (χ3n) is 4.10. The number of ether oxygens (including phenoxy) is 1. The van der Waals surface area contributed by atoms with E-state index in [0.717, 1.165) is 10.0 Å². The van der Waals surface area contributed by atoms with Crippen LogP contribution in [0.4, 0.5) is 5.69 Å². The third-order valence-corrected chi connectivity index (χ3v) is 4.59. The average molecular weight is 424 g/mol. The van der Waals surface area contributed by atoms with Crippen LogP contribution < -0.4 is 5.32 Å². The first-order valence-corrected chi connectivity index (χ1v) is 9.17. The molecule has 0 fully saturated rings. The van der Waals surface area contributed by atoms with Gasteiger partial charge in [-0.2, -0.15) is 0 Å². The SMILES string of the molecule is CO[C@@H](C(=O)Nc1ccc(Br)cc1C(=O)c1ccccc1)c1ccccc1. The number of methoxy groups -OCH3 is 1. The lowest BCUT2D eigenvalue weighted by atomic mass is 10.0. The van der Waals surface area contributed by atoms with Gasteiger partial charge < -0.3 is 10.1 Å². The summed E-state index contributed by atoms with van der Waals surface area (Å²) in [6.45, 7) is 0. The number of carbonyl (C=O) groups is 2. The molecule has 0 spiro atoms. The highest BCUT2D eigenvalue weighted by atomic mass is 79.9. The summed E-state index contributed by atoms with van der Waals surface area (Å²) in [7, 11) is 1.48. The Labute approximate surface area is 166 Å². The zero-order chi connectivity index (χ0) is 19.2. The standard InChI is InChI=1S/C22H18BrNO3/c1-27-21(16-10-6-3-7-11-16)22(26)24-19-13-12-17(23)14-18(19)20(25)15-8-4-2-5-9-15/h2-14,21H,1H3,(H,24,26)/t21-/m1/s1. The molecule has 3 aromatic carbocycles. The van der Waals surface area contributed by atoms with Crippen LogP contribution in [0.5, 0.6) is 0 Å². The molecule has 3 aromatic rings. The number of carbonyl (C=O) groups excluding carboxylic acids is 2. The second-order valence-electron chi connectivity index (χ2n) is 5.90. The molecule has 136 valence electrons. The minimum atomic E-state index is -0.769. The van der Waals surface area contributed by atoms with Gasteiger partial charge in [0.15, 0.2) is 11.9 Å². The Bertz CT molecular complexity index is 942. The number of anilines is 1. The van der Waals surface area contributed by atoms with E-state index in [2.05, 4.69) is 21.2 Å². The third kappa shape index (κ3) is 4.51. The van der Waals surface area contributed by atoms with Crippen LogP contribution in [0.1, 0.15) is 27.6 Å². The zero-order valence-corrected chi connectivity index (χ0v) is 16.3. The maximum atomic E-state index is 12.9. The van der Waals surface area contributed by atoms with Gasteiger partial charge in [-0.15, -0.1) is 0 Å². The molecule has 0 saturated carbocycles. The van der Waals surface area contributed by atoms with Crippen molar-refractivity contribution in [2.75, 3.05) is 12.4 Å². The van der Waals surface area contributed by atoms with Gasteiger partial charge in [0, 0.05) is 22.7 Å². The van der Waals surface area contributed by atoms with Gasteiger partial charge in [-0.05, 0) is 23.8 Å². The Morgan fingerprint density at radius 1 is 0.926 bits per heavy atom. The van der Waals surface area contributed by atoms with E-state index in [-0.39, 0.29) is 11.7 Å². The molecular formula is C22H18BrNO3. The summed E-state index contributed by atoms with van der Waals surface area (Å²) in [5.74, 6) is -0.506. The summed E-state index contributed by atoms with van der Waals surface area (Å²) in [4.78, 5) is 25.7. The van der Waals surface area contributed by atoms with Crippen molar-refractivity contribution in [1.29, 1.82) is 0 Å². The zero-order valence-electron chi connectivity index (χ0n) is 14.7. The van der Waals surface area contributed by atoms with Crippen molar-refractivity contribution >= 4 is 33.3 Å². The fourth-order valence-electron chi connectivity index (χ4n) is 2.78. The first kappa shape index (κ1) is 19.0. The van der Waals surface area contributed by atoms with E-state index >= 15 is 0 Å². The number of ketones is 1. The lowest BCUT2D eigenvalue weighted by Gasteiger charge is -2.17. The number of halogens is 1. The van der Waals surface area contributed by atoms with Gasteiger partial charge >= 0.3 is 0 Å². The van der Waals surface area contributed by atoms with Crippen molar-refractivity contribution in [2.45, 2.75) is 6.10 Å². The number of hydrogen-bond donors (Lipinski definition) is 1. The van der Waals surface area contributed by atoms with E-state index in [1.165, 1.54) is 7.11 Å². The van der Waals surface area contributed by atoms with Gasteiger partial charge in [-0.3, -0.25) is 9.59 Å². The Kier molecular flexibility index (Phi) is 6.16. The number of amides is 1. The normalized spacial score (nSPS) is 11.6. The average Bonchev–Trinajstić information content (AvgIpc) is 2.71. The summed E-state index contributed by atoms with van der Waals surface area (Å²) in [5.41, 5.74) is 2.14.